The topological polar surface area (TPSA) is 23.5 Å². The van der Waals surface area contributed by atoms with Gasteiger partial charge in [0.15, 0.2) is 0 Å². The molecule has 0 aromatic rings. The molecule has 0 aromatic heterocycles. The van der Waals surface area contributed by atoms with Crippen LogP contribution >= 0.6 is 0 Å². The molecule has 0 aromatic carbocycles. The van der Waals surface area contributed by atoms with Gasteiger partial charge in [0, 0.05) is 12.1 Å². The maximum Gasteiger partial charge on any atom is 0.0382 e. The van der Waals surface area contributed by atoms with Crippen LogP contribution < -0.4 is 0 Å². The van der Waals surface area contributed by atoms with Gasteiger partial charge in [0.2, 0.25) is 0 Å². The van der Waals surface area contributed by atoms with Crippen molar-refractivity contribution in [3.8, 4) is 0 Å². The normalized spacial score (nSPS) is 54.3. The summed E-state index contributed by atoms with van der Waals surface area (Å²) < 4.78 is 0. The molecular weight excluding hydrogens is 126 g/mol. The largest absolute Gasteiger partial charge is 0.313 e. The van der Waals surface area contributed by atoms with Crippen molar-refractivity contribution in [2.45, 2.75) is 38.8 Å². The van der Waals surface area contributed by atoms with Crippen LogP contribution in [0.5, 0.6) is 0 Å². The highest BCUT2D eigenvalue weighted by molar-refractivity contribution is 4.98. The first-order valence-electron chi connectivity index (χ1n) is 4.17. The van der Waals surface area contributed by atoms with Crippen molar-refractivity contribution < 1.29 is 5.21 Å². The van der Waals surface area contributed by atoms with Gasteiger partial charge < -0.3 is 5.21 Å². The summed E-state index contributed by atoms with van der Waals surface area (Å²) in [6, 6.07) is 0.944. The standard InChI is InChI=1S/C8H15NO/c1-5-3-8-6(2)4-7(5)9(8)10/h5-8,10H,3-4H2,1-2H3. The molecule has 4 atom stereocenters. The molecule has 10 heavy (non-hydrogen) atoms. The highest BCUT2D eigenvalue weighted by Crippen LogP contribution is 2.43. The van der Waals surface area contributed by atoms with E-state index in [0.717, 1.165) is 0 Å². The number of nitrogens with zero attached hydrogens (tertiary/aromatic N) is 1. The van der Waals surface area contributed by atoms with Gasteiger partial charge in [-0.1, -0.05) is 13.8 Å². The SMILES string of the molecule is CC1CC2C(C)CC1N2O. The summed E-state index contributed by atoms with van der Waals surface area (Å²) in [7, 11) is 0. The van der Waals surface area contributed by atoms with E-state index in [0.29, 0.717) is 23.9 Å². The lowest BCUT2D eigenvalue weighted by Gasteiger charge is -2.18. The van der Waals surface area contributed by atoms with Gasteiger partial charge in [-0.15, -0.1) is 0 Å². The molecule has 0 aliphatic carbocycles. The molecule has 2 nitrogen and oxygen atoms in total. The first kappa shape index (κ1) is 6.62. The average molecular weight is 141 g/mol. The molecule has 0 amide bonds. The van der Waals surface area contributed by atoms with E-state index in [4.69, 9.17) is 0 Å². The second-order valence-electron chi connectivity index (χ2n) is 3.94. The van der Waals surface area contributed by atoms with Crippen molar-refractivity contribution in [3.63, 3.8) is 0 Å². The fraction of sp³-hybridized carbons (Fsp3) is 1.00. The molecule has 0 spiro atoms. The van der Waals surface area contributed by atoms with Gasteiger partial charge >= 0.3 is 0 Å². The van der Waals surface area contributed by atoms with Crippen molar-refractivity contribution in [2.75, 3.05) is 0 Å². The van der Waals surface area contributed by atoms with E-state index < -0.39 is 0 Å². The van der Waals surface area contributed by atoms with E-state index >= 15 is 0 Å². The predicted octanol–water partition coefficient (Wildman–Crippen LogP) is 1.49. The van der Waals surface area contributed by atoms with Crippen molar-refractivity contribution >= 4 is 0 Å². The molecule has 0 radical (unpaired) electrons. The first-order chi connectivity index (χ1) is 4.70. The zero-order valence-corrected chi connectivity index (χ0v) is 6.62. The van der Waals surface area contributed by atoms with Gasteiger partial charge in [0.05, 0.1) is 0 Å². The maximum absolute atomic E-state index is 9.50. The summed E-state index contributed by atoms with van der Waals surface area (Å²) in [4.78, 5) is 0. The minimum atomic E-state index is 0.472. The number of hydrogen-bond acceptors (Lipinski definition) is 2. The lowest BCUT2D eigenvalue weighted by molar-refractivity contribution is -0.114. The van der Waals surface area contributed by atoms with Crippen LogP contribution in [0.4, 0.5) is 0 Å². The number of hydrogen-bond donors (Lipinski definition) is 1. The maximum atomic E-state index is 9.50. The summed E-state index contributed by atoms with van der Waals surface area (Å²) in [5.41, 5.74) is 0. The number of rotatable bonds is 0. The molecule has 58 valence electrons. The van der Waals surface area contributed by atoms with Crippen LogP contribution in [0, 0.1) is 11.8 Å². The second-order valence-corrected chi connectivity index (χ2v) is 3.94. The Labute approximate surface area is 61.8 Å². The van der Waals surface area contributed by atoms with Crippen LogP contribution in [0.1, 0.15) is 26.7 Å². The zero-order valence-electron chi connectivity index (χ0n) is 6.62. The number of hydroxylamine groups is 2. The summed E-state index contributed by atoms with van der Waals surface area (Å²) >= 11 is 0. The van der Waals surface area contributed by atoms with E-state index in [2.05, 4.69) is 13.8 Å². The molecule has 2 fully saturated rings. The third-order valence-corrected chi connectivity index (χ3v) is 3.22. The molecule has 2 heteroatoms. The summed E-state index contributed by atoms with van der Waals surface area (Å²) in [5.74, 6) is 1.43. The van der Waals surface area contributed by atoms with Crippen LogP contribution in [-0.2, 0) is 0 Å². The smallest absolute Gasteiger partial charge is 0.0382 e. The van der Waals surface area contributed by atoms with Gasteiger partial charge in [-0.3, -0.25) is 0 Å². The Morgan fingerprint density at radius 3 is 1.70 bits per heavy atom. The van der Waals surface area contributed by atoms with Crippen LogP contribution in [0.25, 0.3) is 0 Å². The Morgan fingerprint density at radius 2 is 1.50 bits per heavy atom. The molecule has 2 saturated heterocycles. The predicted molar refractivity (Wildman–Crippen MR) is 38.8 cm³/mol. The van der Waals surface area contributed by atoms with E-state index in [1.807, 2.05) is 0 Å². The van der Waals surface area contributed by atoms with Gasteiger partial charge in [0.1, 0.15) is 0 Å². The van der Waals surface area contributed by atoms with Crippen LogP contribution in [0.2, 0.25) is 0 Å². The first-order valence-corrected chi connectivity index (χ1v) is 4.17. The van der Waals surface area contributed by atoms with Crippen LogP contribution in [-0.4, -0.2) is 22.4 Å². The van der Waals surface area contributed by atoms with Gasteiger partial charge in [-0.25, -0.2) is 0 Å². The van der Waals surface area contributed by atoms with E-state index in [1.54, 1.807) is 5.06 Å². The fourth-order valence-corrected chi connectivity index (χ4v) is 2.52. The Hall–Kier alpha value is -0.0800. The molecule has 2 bridgehead atoms. The van der Waals surface area contributed by atoms with E-state index in [9.17, 15) is 5.21 Å². The third kappa shape index (κ3) is 0.663. The molecule has 2 aliphatic rings. The van der Waals surface area contributed by atoms with Gasteiger partial charge in [-0.05, 0) is 24.7 Å². The highest BCUT2D eigenvalue weighted by atomic mass is 16.5. The molecular formula is C8H15NO. The lowest BCUT2D eigenvalue weighted by atomic mass is 9.84. The minimum Gasteiger partial charge on any atom is -0.313 e. The van der Waals surface area contributed by atoms with Crippen molar-refractivity contribution in [3.05, 3.63) is 0 Å². The minimum absolute atomic E-state index is 0.472. The van der Waals surface area contributed by atoms with Crippen LogP contribution in [0.3, 0.4) is 0 Å². The van der Waals surface area contributed by atoms with E-state index in [1.165, 1.54) is 12.8 Å². The molecule has 4 unspecified atom stereocenters. The van der Waals surface area contributed by atoms with Crippen molar-refractivity contribution in [1.82, 2.24) is 5.06 Å². The average Bonchev–Trinajstić information content (AvgIpc) is 2.26. The van der Waals surface area contributed by atoms with Crippen molar-refractivity contribution in [1.29, 1.82) is 0 Å². The Morgan fingerprint density at radius 1 is 1.10 bits per heavy atom. The van der Waals surface area contributed by atoms with E-state index in [-0.39, 0.29) is 0 Å². The monoisotopic (exact) mass is 141 g/mol. The third-order valence-electron chi connectivity index (χ3n) is 3.22. The Bertz CT molecular complexity index is 132. The molecule has 2 aliphatic heterocycles. The fourth-order valence-electron chi connectivity index (χ4n) is 2.52. The summed E-state index contributed by atoms with van der Waals surface area (Å²) in [6.07, 6.45) is 2.39. The molecule has 2 rings (SSSR count). The second kappa shape index (κ2) is 1.95. The van der Waals surface area contributed by atoms with Crippen LogP contribution in [0.15, 0.2) is 0 Å². The quantitative estimate of drug-likeness (QED) is 0.552. The zero-order chi connectivity index (χ0) is 7.30. The molecule has 2 heterocycles. The van der Waals surface area contributed by atoms with Gasteiger partial charge in [-0.2, -0.15) is 5.06 Å². The molecule has 0 saturated carbocycles. The number of fused-ring (bicyclic) bond motifs is 2. The summed E-state index contributed by atoms with van der Waals surface area (Å²) in [5, 5.41) is 11.1. The Kier molecular flexibility index (Phi) is 1.29. The van der Waals surface area contributed by atoms with Crippen molar-refractivity contribution in [2.24, 2.45) is 11.8 Å². The Balaban J connectivity index is 2.17. The molecule has 1 N–H and O–H groups in total. The summed E-state index contributed by atoms with van der Waals surface area (Å²) in [6.45, 7) is 4.47. The lowest BCUT2D eigenvalue weighted by Crippen LogP contribution is -2.26. The highest BCUT2D eigenvalue weighted by Gasteiger charge is 2.47. The van der Waals surface area contributed by atoms with Gasteiger partial charge in [0.25, 0.3) is 0 Å².